The molecule has 0 saturated carbocycles. The van der Waals surface area contributed by atoms with E-state index in [1.807, 2.05) is 19.1 Å². The number of ether oxygens (including phenoxy) is 2. The molecule has 0 unspecified atom stereocenters. The smallest absolute Gasteiger partial charge is 0.243 e. The maximum absolute atomic E-state index is 12.8. The second-order valence-electron chi connectivity index (χ2n) is 6.83. The van der Waals surface area contributed by atoms with Crippen LogP contribution in [0.25, 0.3) is 0 Å². The highest BCUT2D eigenvalue weighted by molar-refractivity contribution is 7.89. The minimum absolute atomic E-state index is 0.160. The van der Waals surface area contributed by atoms with E-state index in [0.717, 1.165) is 11.1 Å². The van der Waals surface area contributed by atoms with Gasteiger partial charge in [0.2, 0.25) is 16.8 Å². The molecule has 2 aromatic rings. The van der Waals surface area contributed by atoms with Gasteiger partial charge >= 0.3 is 0 Å². The molecule has 0 radical (unpaired) electrons. The molecular weight excluding hydrogens is 368 g/mol. The SMILES string of the molecule is Cc1ccc(S(=O)(=O)N2CCN(Cc3cc4c(cc3O)OCO4)CC2)cc1. The monoisotopic (exact) mass is 390 g/mol. The highest BCUT2D eigenvalue weighted by atomic mass is 32.2. The summed E-state index contributed by atoms with van der Waals surface area (Å²) in [7, 11) is -3.47. The van der Waals surface area contributed by atoms with Crippen molar-refractivity contribution in [2.45, 2.75) is 18.4 Å². The van der Waals surface area contributed by atoms with E-state index in [9.17, 15) is 13.5 Å². The van der Waals surface area contributed by atoms with Gasteiger partial charge in [0.15, 0.2) is 11.5 Å². The quantitative estimate of drug-likeness (QED) is 0.860. The Hall–Kier alpha value is -2.29. The highest BCUT2D eigenvalue weighted by Crippen LogP contribution is 2.38. The molecule has 7 nitrogen and oxygen atoms in total. The Bertz CT molecular complexity index is 935. The Labute approximate surface area is 158 Å². The molecule has 8 heteroatoms. The van der Waals surface area contributed by atoms with E-state index in [2.05, 4.69) is 4.90 Å². The number of aryl methyl sites for hydroxylation is 1. The van der Waals surface area contributed by atoms with E-state index in [1.165, 1.54) is 4.31 Å². The molecule has 144 valence electrons. The molecule has 1 saturated heterocycles. The maximum atomic E-state index is 12.8. The zero-order valence-corrected chi connectivity index (χ0v) is 15.9. The van der Waals surface area contributed by atoms with E-state index >= 15 is 0 Å². The molecule has 2 aliphatic rings. The fourth-order valence-corrected chi connectivity index (χ4v) is 4.75. The first kappa shape index (κ1) is 18.1. The average Bonchev–Trinajstić information content (AvgIpc) is 3.10. The third-order valence-corrected chi connectivity index (χ3v) is 6.87. The topological polar surface area (TPSA) is 79.3 Å². The second kappa shape index (κ2) is 7.03. The predicted molar refractivity (Wildman–Crippen MR) is 99.4 cm³/mol. The van der Waals surface area contributed by atoms with Gasteiger partial charge in [-0.25, -0.2) is 8.42 Å². The molecule has 2 aliphatic heterocycles. The highest BCUT2D eigenvalue weighted by Gasteiger charge is 2.29. The zero-order valence-electron chi connectivity index (χ0n) is 15.1. The number of fused-ring (bicyclic) bond motifs is 1. The summed E-state index contributed by atoms with van der Waals surface area (Å²) < 4.78 is 37.7. The van der Waals surface area contributed by atoms with E-state index < -0.39 is 10.0 Å². The largest absolute Gasteiger partial charge is 0.507 e. The first-order valence-electron chi connectivity index (χ1n) is 8.84. The molecule has 0 bridgehead atoms. The Morgan fingerprint density at radius 2 is 1.63 bits per heavy atom. The van der Waals surface area contributed by atoms with Crippen molar-refractivity contribution in [3.63, 3.8) is 0 Å². The van der Waals surface area contributed by atoms with Gasteiger partial charge in [0.05, 0.1) is 4.90 Å². The Morgan fingerprint density at radius 1 is 1.00 bits per heavy atom. The fourth-order valence-electron chi connectivity index (χ4n) is 3.33. The van der Waals surface area contributed by atoms with Crippen molar-refractivity contribution in [1.82, 2.24) is 9.21 Å². The lowest BCUT2D eigenvalue weighted by atomic mass is 10.1. The molecule has 0 amide bonds. The summed E-state index contributed by atoms with van der Waals surface area (Å²) in [5.74, 6) is 1.34. The number of phenolic OH excluding ortho intramolecular Hbond substituents is 1. The summed E-state index contributed by atoms with van der Waals surface area (Å²) in [5, 5.41) is 10.2. The van der Waals surface area contributed by atoms with Crippen LogP contribution in [0.2, 0.25) is 0 Å². The number of benzene rings is 2. The first-order chi connectivity index (χ1) is 12.9. The van der Waals surface area contributed by atoms with Crippen LogP contribution in [-0.2, 0) is 16.6 Å². The van der Waals surface area contributed by atoms with Crippen LogP contribution in [0.15, 0.2) is 41.3 Å². The molecule has 0 spiro atoms. The third-order valence-electron chi connectivity index (χ3n) is 4.96. The number of hydrogen-bond donors (Lipinski definition) is 1. The number of aromatic hydroxyl groups is 1. The minimum Gasteiger partial charge on any atom is -0.507 e. The summed E-state index contributed by atoms with van der Waals surface area (Å²) >= 11 is 0. The number of rotatable bonds is 4. The maximum Gasteiger partial charge on any atom is 0.243 e. The van der Waals surface area contributed by atoms with Gasteiger partial charge in [-0.3, -0.25) is 4.90 Å². The van der Waals surface area contributed by atoms with Crippen LogP contribution in [0.4, 0.5) is 0 Å². The predicted octanol–water partition coefficient (Wildman–Crippen LogP) is 1.94. The van der Waals surface area contributed by atoms with Crippen LogP contribution in [0.3, 0.4) is 0 Å². The van der Waals surface area contributed by atoms with Crippen LogP contribution >= 0.6 is 0 Å². The summed E-state index contributed by atoms with van der Waals surface area (Å²) in [6.45, 7) is 4.65. The first-order valence-corrected chi connectivity index (χ1v) is 10.3. The standard InChI is InChI=1S/C19H22N2O5S/c1-14-2-4-16(5-3-14)27(23,24)21-8-6-20(7-9-21)12-15-10-18-19(11-17(15)22)26-13-25-18/h2-5,10-11,22H,6-9,12-13H2,1H3. The average molecular weight is 390 g/mol. The molecule has 1 fully saturated rings. The van der Waals surface area contributed by atoms with Gasteiger partial charge in [-0.05, 0) is 25.1 Å². The van der Waals surface area contributed by atoms with Crippen molar-refractivity contribution in [3.05, 3.63) is 47.5 Å². The van der Waals surface area contributed by atoms with Gasteiger partial charge in [0.1, 0.15) is 5.75 Å². The van der Waals surface area contributed by atoms with Crippen molar-refractivity contribution in [2.75, 3.05) is 33.0 Å². The van der Waals surface area contributed by atoms with Gasteiger partial charge in [-0.15, -0.1) is 0 Å². The van der Waals surface area contributed by atoms with Gasteiger partial charge in [0.25, 0.3) is 0 Å². The van der Waals surface area contributed by atoms with Crippen LogP contribution in [0.5, 0.6) is 17.2 Å². The Balaban J connectivity index is 1.41. The van der Waals surface area contributed by atoms with E-state index in [4.69, 9.17) is 9.47 Å². The molecule has 2 heterocycles. The van der Waals surface area contributed by atoms with Crippen LogP contribution in [0.1, 0.15) is 11.1 Å². The molecule has 27 heavy (non-hydrogen) atoms. The van der Waals surface area contributed by atoms with Gasteiger partial charge in [0, 0.05) is 44.4 Å². The number of sulfonamides is 1. The minimum atomic E-state index is -3.47. The van der Waals surface area contributed by atoms with Crippen molar-refractivity contribution < 1.29 is 23.0 Å². The number of piperazine rings is 1. The molecule has 1 N–H and O–H groups in total. The van der Waals surface area contributed by atoms with Gasteiger partial charge in [-0.1, -0.05) is 17.7 Å². The molecule has 4 rings (SSSR count). The Kier molecular flexibility index (Phi) is 4.71. The van der Waals surface area contributed by atoms with E-state index in [0.29, 0.717) is 49.1 Å². The molecule has 0 aromatic heterocycles. The third kappa shape index (κ3) is 3.60. The molecule has 0 aliphatic carbocycles. The van der Waals surface area contributed by atoms with Crippen LogP contribution in [-0.4, -0.2) is 55.7 Å². The lowest BCUT2D eigenvalue weighted by molar-refractivity contribution is 0.173. The fraction of sp³-hybridized carbons (Fsp3) is 0.368. The number of nitrogens with zero attached hydrogens (tertiary/aromatic N) is 2. The molecular formula is C19H22N2O5S. The number of phenols is 1. The lowest BCUT2D eigenvalue weighted by Gasteiger charge is -2.34. The summed E-state index contributed by atoms with van der Waals surface area (Å²) in [6, 6.07) is 10.3. The van der Waals surface area contributed by atoms with Crippen LogP contribution < -0.4 is 9.47 Å². The number of hydrogen-bond acceptors (Lipinski definition) is 6. The molecule has 0 atom stereocenters. The Morgan fingerprint density at radius 3 is 2.30 bits per heavy atom. The van der Waals surface area contributed by atoms with Gasteiger partial charge < -0.3 is 14.6 Å². The van der Waals surface area contributed by atoms with E-state index in [1.54, 1.807) is 24.3 Å². The molecule has 2 aromatic carbocycles. The van der Waals surface area contributed by atoms with Crippen molar-refractivity contribution in [3.8, 4) is 17.2 Å². The normalized spacial score (nSPS) is 18.0. The lowest BCUT2D eigenvalue weighted by Crippen LogP contribution is -2.48. The summed E-state index contributed by atoms with van der Waals surface area (Å²) in [6.07, 6.45) is 0. The second-order valence-corrected chi connectivity index (χ2v) is 8.77. The van der Waals surface area contributed by atoms with Crippen molar-refractivity contribution in [2.24, 2.45) is 0 Å². The van der Waals surface area contributed by atoms with Crippen LogP contribution in [0, 0.1) is 6.92 Å². The van der Waals surface area contributed by atoms with Crippen molar-refractivity contribution >= 4 is 10.0 Å². The summed E-state index contributed by atoms with van der Waals surface area (Å²) in [4.78, 5) is 2.45. The van der Waals surface area contributed by atoms with E-state index in [-0.39, 0.29) is 12.5 Å². The van der Waals surface area contributed by atoms with Crippen molar-refractivity contribution in [1.29, 1.82) is 0 Å². The summed E-state index contributed by atoms with van der Waals surface area (Å²) in [5.41, 5.74) is 1.77. The van der Waals surface area contributed by atoms with Gasteiger partial charge in [-0.2, -0.15) is 4.31 Å². The zero-order chi connectivity index (χ0) is 19.0.